The molecule has 1 aliphatic heterocycles. The van der Waals surface area contributed by atoms with E-state index in [2.05, 4.69) is 21.2 Å². The lowest BCUT2D eigenvalue weighted by molar-refractivity contribution is -0.141. The van der Waals surface area contributed by atoms with Gasteiger partial charge in [0.15, 0.2) is 0 Å². The number of rotatable bonds is 2. The Kier molecular flexibility index (Phi) is 4.09. The molecular formula is C13H15BrN2O3. The van der Waals surface area contributed by atoms with Gasteiger partial charge in [-0.15, -0.1) is 0 Å². The number of urea groups is 1. The van der Waals surface area contributed by atoms with E-state index in [1.807, 2.05) is 19.1 Å². The van der Waals surface area contributed by atoms with E-state index in [1.54, 1.807) is 6.07 Å². The molecule has 2 amide bonds. The largest absolute Gasteiger partial charge is 0.480 e. The van der Waals surface area contributed by atoms with E-state index in [0.29, 0.717) is 18.7 Å². The number of benzene rings is 1. The number of hydrogen-bond acceptors (Lipinski definition) is 2. The van der Waals surface area contributed by atoms with Gasteiger partial charge in [0.1, 0.15) is 6.04 Å². The molecule has 2 N–H and O–H groups in total. The Hall–Kier alpha value is -1.56. The highest BCUT2D eigenvalue weighted by molar-refractivity contribution is 9.10. The fraction of sp³-hybridized carbons (Fsp3) is 0.385. The second-order valence-corrected chi connectivity index (χ2v) is 5.49. The van der Waals surface area contributed by atoms with Crippen LogP contribution < -0.4 is 5.32 Å². The highest BCUT2D eigenvalue weighted by Gasteiger charge is 2.34. The number of nitrogens with one attached hydrogen (secondary N) is 1. The number of aliphatic carboxylic acids is 1. The molecule has 2 rings (SSSR count). The summed E-state index contributed by atoms with van der Waals surface area (Å²) in [6, 6.07) is 4.51. The van der Waals surface area contributed by atoms with Gasteiger partial charge < -0.3 is 15.3 Å². The lowest BCUT2D eigenvalue weighted by Gasteiger charge is -2.22. The first-order chi connectivity index (χ1) is 8.99. The number of carbonyl (C=O) groups excluding carboxylic acids is 1. The van der Waals surface area contributed by atoms with Crippen molar-refractivity contribution >= 4 is 33.6 Å². The molecule has 1 aliphatic rings. The maximum absolute atomic E-state index is 12.1. The van der Waals surface area contributed by atoms with Crippen molar-refractivity contribution in [2.75, 3.05) is 11.9 Å². The summed E-state index contributed by atoms with van der Waals surface area (Å²) in [5.74, 6) is -0.946. The van der Waals surface area contributed by atoms with Gasteiger partial charge in [-0.1, -0.05) is 22.0 Å². The molecule has 0 bridgehead atoms. The Bertz CT molecular complexity index is 519. The molecule has 102 valence electrons. The average molecular weight is 327 g/mol. The number of halogens is 1. The first-order valence-electron chi connectivity index (χ1n) is 6.05. The second kappa shape index (κ2) is 5.61. The molecule has 6 heteroatoms. The van der Waals surface area contributed by atoms with E-state index in [-0.39, 0.29) is 6.03 Å². The van der Waals surface area contributed by atoms with Crippen LogP contribution in [0.25, 0.3) is 0 Å². The molecule has 1 aromatic rings. The summed E-state index contributed by atoms with van der Waals surface area (Å²) in [6.07, 6.45) is 1.24. The van der Waals surface area contributed by atoms with Crippen LogP contribution in [0.5, 0.6) is 0 Å². The van der Waals surface area contributed by atoms with Gasteiger partial charge in [-0.05, 0) is 37.5 Å². The minimum atomic E-state index is -0.946. The number of nitrogens with zero attached hydrogens (tertiary/aromatic N) is 1. The molecule has 1 atom stereocenters. The fourth-order valence-electron chi connectivity index (χ4n) is 2.18. The Morgan fingerprint density at radius 3 is 2.89 bits per heavy atom. The van der Waals surface area contributed by atoms with Crippen molar-refractivity contribution in [3.05, 3.63) is 28.2 Å². The van der Waals surface area contributed by atoms with Crippen molar-refractivity contribution in [2.24, 2.45) is 0 Å². The van der Waals surface area contributed by atoms with Crippen LogP contribution in [0, 0.1) is 6.92 Å². The van der Waals surface area contributed by atoms with Gasteiger partial charge in [0.05, 0.1) is 0 Å². The predicted molar refractivity (Wildman–Crippen MR) is 75.3 cm³/mol. The maximum Gasteiger partial charge on any atom is 0.326 e. The van der Waals surface area contributed by atoms with Crippen LogP contribution in [-0.2, 0) is 4.79 Å². The summed E-state index contributed by atoms with van der Waals surface area (Å²) in [5.41, 5.74) is 1.62. The lowest BCUT2D eigenvalue weighted by Crippen LogP contribution is -2.42. The SMILES string of the molecule is Cc1ccc(Br)cc1NC(=O)N1CCCC1C(=O)O. The summed E-state index contributed by atoms with van der Waals surface area (Å²) in [7, 11) is 0. The summed E-state index contributed by atoms with van der Waals surface area (Å²) < 4.78 is 0.865. The van der Waals surface area contributed by atoms with Gasteiger partial charge in [-0.3, -0.25) is 0 Å². The van der Waals surface area contributed by atoms with Crippen LogP contribution in [-0.4, -0.2) is 34.6 Å². The van der Waals surface area contributed by atoms with Gasteiger partial charge in [0, 0.05) is 16.7 Å². The first-order valence-corrected chi connectivity index (χ1v) is 6.85. The minimum Gasteiger partial charge on any atom is -0.480 e. The van der Waals surface area contributed by atoms with Crippen LogP contribution in [0.4, 0.5) is 10.5 Å². The molecule has 0 spiro atoms. The zero-order chi connectivity index (χ0) is 14.0. The van der Waals surface area contributed by atoms with E-state index in [9.17, 15) is 9.59 Å². The third-order valence-electron chi connectivity index (χ3n) is 3.24. The second-order valence-electron chi connectivity index (χ2n) is 4.58. The summed E-state index contributed by atoms with van der Waals surface area (Å²) >= 11 is 3.35. The zero-order valence-electron chi connectivity index (χ0n) is 10.5. The quantitative estimate of drug-likeness (QED) is 0.877. The molecule has 0 aromatic heterocycles. The molecule has 5 nitrogen and oxygen atoms in total. The first kappa shape index (κ1) is 13.9. The van der Waals surface area contributed by atoms with Crippen molar-refractivity contribution in [3.63, 3.8) is 0 Å². The number of anilines is 1. The van der Waals surface area contributed by atoms with Crippen molar-refractivity contribution < 1.29 is 14.7 Å². The number of hydrogen-bond donors (Lipinski definition) is 2. The number of carboxylic acids is 1. The topological polar surface area (TPSA) is 69.6 Å². The van der Waals surface area contributed by atoms with Gasteiger partial charge in [-0.2, -0.15) is 0 Å². The smallest absolute Gasteiger partial charge is 0.326 e. The molecular weight excluding hydrogens is 312 g/mol. The van der Waals surface area contributed by atoms with Crippen molar-refractivity contribution in [3.8, 4) is 0 Å². The molecule has 1 fully saturated rings. The number of likely N-dealkylation sites (tertiary alicyclic amines) is 1. The van der Waals surface area contributed by atoms with Crippen LogP contribution in [0.3, 0.4) is 0 Å². The number of carboxylic acid groups (broad SMARTS) is 1. The van der Waals surface area contributed by atoms with Crippen LogP contribution in [0.15, 0.2) is 22.7 Å². The van der Waals surface area contributed by atoms with Gasteiger partial charge >= 0.3 is 12.0 Å². The Balaban J connectivity index is 2.12. The van der Waals surface area contributed by atoms with Crippen molar-refractivity contribution in [1.29, 1.82) is 0 Å². The highest BCUT2D eigenvalue weighted by atomic mass is 79.9. The van der Waals surface area contributed by atoms with E-state index in [0.717, 1.165) is 16.5 Å². The summed E-state index contributed by atoms with van der Waals surface area (Å²) in [4.78, 5) is 24.6. The fourth-order valence-corrected chi connectivity index (χ4v) is 2.54. The standard InChI is InChI=1S/C13H15BrN2O3/c1-8-4-5-9(14)7-10(8)15-13(19)16-6-2-3-11(16)12(17)18/h4-5,7,11H,2-3,6H2,1H3,(H,15,19)(H,17,18). The Labute approximate surface area is 119 Å². The van der Waals surface area contributed by atoms with Gasteiger partial charge in [-0.25, -0.2) is 9.59 Å². The van der Waals surface area contributed by atoms with Gasteiger partial charge in [0.2, 0.25) is 0 Å². The predicted octanol–water partition coefficient (Wildman–Crippen LogP) is 2.84. The van der Waals surface area contributed by atoms with Crippen molar-refractivity contribution in [2.45, 2.75) is 25.8 Å². The van der Waals surface area contributed by atoms with E-state index >= 15 is 0 Å². The molecule has 0 saturated carbocycles. The molecule has 1 saturated heterocycles. The molecule has 1 heterocycles. The maximum atomic E-state index is 12.1. The van der Waals surface area contributed by atoms with E-state index in [1.165, 1.54) is 4.90 Å². The van der Waals surface area contributed by atoms with Gasteiger partial charge in [0.25, 0.3) is 0 Å². The number of carbonyl (C=O) groups is 2. The van der Waals surface area contributed by atoms with Crippen molar-refractivity contribution in [1.82, 2.24) is 4.90 Å². The van der Waals surface area contributed by atoms with Crippen LogP contribution in [0.1, 0.15) is 18.4 Å². The lowest BCUT2D eigenvalue weighted by atomic mass is 10.2. The number of amides is 2. The Morgan fingerprint density at radius 2 is 2.21 bits per heavy atom. The molecule has 19 heavy (non-hydrogen) atoms. The average Bonchev–Trinajstić information content (AvgIpc) is 2.83. The molecule has 0 aliphatic carbocycles. The number of aryl methyl sites for hydroxylation is 1. The molecule has 1 unspecified atom stereocenters. The normalized spacial score (nSPS) is 18.4. The van der Waals surface area contributed by atoms with E-state index in [4.69, 9.17) is 5.11 Å². The summed E-state index contributed by atoms with van der Waals surface area (Å²) in [5, 5.41) is 11.8. The molecule has 1 aromatic carbocycles. The third kappa shape index (κ3) is 3.07. The zero-order valence-corrected chi connectivity index (χ0v) is 12.1. The van der Waals surface area contributed by atoms with E-state index < -0.39 is 12.0 Å². The third-order valence-corrected chi connectivity index (χ3v) is 3.73. The summed E-state index contributed by atoms with van der Waals surface area (Å²) in [6.45, 7) is 2.37. The Morgan fingerprint density at radius 1 is 1.47 bits per heavy atom. The highest BCUT2D eigenvalue weighted by Crippen LogP contribution is 2.23. The molecule has 0 radical (unpaired) electrons. The monoisotopic (exact) mass is 326 g/mol. The van der Waals surface area contributed by atoms with Crippen LogP contribution in [0.2, 0.25) is 0 Å². The minimum absolute atomic E-state index is 0.355. The van der Waals surface area contributed by atoms with Crippen LogP contribution >= 0.6 is 15.9 Å².